The summed E-state index contributed by atoms with van der Waals surface area (Å²) >= 11 is 0. The zero-order valence-electron chi connectivity index (χ0n) is 12.9. The van der Waals surface area contributed by atoms with Crippen LogP contribution >= 0.6 is 0 Å². The van der Waals surface area contributed by atoms with Crippen LogP contribution in [0.15, 0.2) is 0 Å². The highest BCUT2D eigenvalue weighted by molar-refractivity contribution is 5.78. The van der Waals surface area contributed by atoms with Gasteiger partial charge in [0.05, 0.1) is 24.2 Å². The lowest BCUT2D eigenvalue weighted by Gasteiger charge is -2.38. The molecule has 0 spiro atoms. The number of hydrogen-bond donors (Lipinski definition) is 2. The second kappa shape index (κ2) is 6.64. The first kappa shape index (κ1) is 16.1. The minimum atomic E-state index is -0.864. The molecule has 0 bridgehead atoms. The number of fused-ring (bicyclic) bond motifs is 1. The number of carboxylic acid groups (broad SMARTS) is 1. The molecule has 21 heavy (non-hydrogen) atoms. The largest absolute Gasteiger partial charge is 0.481 e. The highest BCUT2D eigenvalue weighted by Crippen LogP contribution is 2.30. The molecule has 0 aromatic carbocycles. The topological polar surface area (TPSA) is 78.9 Å². The maximum absolute atomic E-state index is 12.4. The molecule has 2 fully saturated rings. The van der Waals surface area contributed by atoms with E-state index in [9.17, 15) is 14.7 Å². The quantitative estimate of drug-likeness (QED) is 0.811. The third-order valence-corrected chi connectivity index (χ3v) is 5.13. The third kappa shape index (κ3) is 3.15. The summed E-state index contributed by atoms with van der Waals surface area (Å²) in [4.78, 5) is 25.7. The van der Waals surface area contributed by atoms with E-state index in [1.165, 1.54) is 0 Å². The maximum Gasteiger partial charge on any atom is 0.317 e. The molecule has 0 aromatic heterocycles. The Morgan fingerprint density at radius 1 is 1.33 bits per heavy atom. The molecule has 1 aliphatic heterocycles. The molecular weight excluding hydrogens is 272 g/mol. The number of aliphatic carboxylic acids is 1. The van der Waals surface area contributed by atoms with Crippen LogP contribution in [-0.4, -0.2) is 53.8 Å². The van der Waals surface area contributed by atoms with Gasteiger partial charge in [-0.3, -0.25) is 4.79 Å². The molecule has 2 amide bonds. The van der Waals surface area contributed by atoms with Gasteiger partial charge in [-0.2, -0.15) is 0 Å². The molecule has 2 rings (SSSR count). The maximum atomic E-state index is 12.4. The van der Waals surface area contributed by atoms with Crippen LogP contribution in [0.2, 0.25) is 0 Å². The smallest absolute Gasteiger partial charge is 0.317 e. The van der Waals surface area contributed by atoms with Gasteiger partial charge in [0.1, 0.15) is 0 Å². The number of hydrogen-bond acceptors (Lipinski definition) is 3. The van der Waals surface area contributed by atoms with Crippen molar-refractivity contribution >= 4 is 12.0 Å². The van der Waals surface area contributed by atoms with Crippen molar-refractivity contribution in [1.29, 1.82) is 0 Å². The molecular formula is C15H26N2O4. The molecule has 1 aliphatic carbocycles. The summed E-state index contributed by atoms with van der Waals surface area (Å²) in [5.74, 6) is -0.839. The Hall–Kier alpha value is -1.30. The number of carbonyl (C=O) groups excluding carboxylic acids is 1. The lowest BCUT2D eigenvalue weighted by Crippen LogP contribution is -2.56. The highest BCUT2D eigenvalue weighted by Gasteiger charge is 2.40. The van der Waals surface area contributed by atoms with Crippen molar-refractivity contribution in [3.63, 3.8) is 0 Å². The molecule has 6 heteroatoms. The molecule has 6 nitrogen and oxygen atoms in total. The Bertz CT molecular complexity index is 395. The standard InChI is InChI=1S/C15H26N2O4/c1-3-15(4-2,13(18)19)10-16-14(20)17-8-9-21-12-7-5-6-11(12)17/h11-12H,3-10H2,1-2H3,(H,16,20)(H,18,19). The first-order valence-corrected chi connectivity index (χ1v) is 7.93. The zero-order chi connectivity index (χ0) is 15.5. The zero-order valence-corrected chi connectivity index (χ0v) is 12.9. The van der Waals surface area contributed by atoms with Crippen LogP contribution in [-0.2, 0) is 9.53 Å². The minimum Gasteiger partial charge on any atom is -0.481 e. The number of carboxylic acids is 1. The van der Waals surface area contributed by atoms with Gasteiger partial charge in [0.15, 0.2) is 0 Å². The van der Waals surface area contributed by atoms with E-state index in [4.69, 9.17) is 4.74 Å². The summed E-state index contributed by atoms with van der Waals surface area (Å²) in [5, 5.41) is 12.3. The van der Waals surface area contributed by atoms with Crippen LogP contribution in [0.3, 0.4) is 0 Å². The fourth-order valence-corrected chi connectivity index (χ4v) is 3.40. The predicted octanol–water partition coefficient (Wildman–Crippen LogP) is 1.84. The van der Waals surface area contributed by atoms with E-state index < -0.39 is 11.4 Å². The third-order valence-electron chi connectivity index (χ3n) is 5.13. The molecule has 1 saturated heterocycles. The summed E-state index contributed by atoms with van der Waals surface area (Å²) in [6.45, 7) is 5.05. The Balaban J connectivity index is 1.96. The molecule has 2 aliphatic rings. The number of morpholine rings is 1. The number of nitrogens with zero attached hydrogens (tertiary/aromatic N) is 1. The van der Waals surface area contributed by atoms with Crippen LogP contribution in [0.4, 0.5) is 4.79 Å². The summed E-state index contributed by atoms with van der Waals surface area (Å²) in [6, 6.07) is 0.00366. The molecule has 2 N–H and O–H groups in total. The molecule has 1 heterocycles. The number of carbonyl (C=O) groups is 2. The van der Waals surface area contributed by atoms with Crippen LogP contribution in [0.5, 0.6) is 0 Å². The molecule has 2 unspecified atom stereocenters. The van der Waals surface area contributed by atoms with Crippen molar-refractivity contribution in [3.05, 3.63) is 0 Å². The van der Waals surface area contributed by atoms with Gasteiger partial charge in [-0.15, -0.1) is 0 Å². The SMILES string of the molecule is CCC(CC)(CNC(=O)N1CCOC2CCCC21)C(=O)O. The lowest BCUT2D eigenvalue weighted by molar-refractivity contribution is -0.149. The summed E-state index contributed by atoms with van der Waals surface area (Å²) < 4.78 is 5.69. The van der Waals surface area contributed by atoms with E-state index in [0.717, 1.165) is 19.3 Å². The fourth-order valence-electron chi connectivity index (χ4n) is 3.40. The summed E-state index contributed by atoms with van der Waals surface area (Å²) in [6.07, 6.45) is 4.25. The molecule has 1 saturated carbocycles. The fraction of sp³-hybridized carbons (Fsp3) is 0.867. The Labute approximate surface area is 125 Å². The van der Waals surface area contributed by atoms with Crippen molar-refractivity contribution < 1.29 is 19.4 Å². The van der Waals surface area contributed by atoms with Gasteiger partial charge in [-0.05, 0) is 32.1 Å². The number of urea groups is 1. The van der Waals surface area contributed by atoms with Gasteiger partial charge in [0.2, 0.25) is 0 Å². The second-order valence-corrected chi connectivity index (χ2v) is 6.05. The van der Waals surface area contributed by atoms with E-state index in [0.29, 0.717) is 26.0 Å². The second-order valence-electron chi connectivity index (χ2n) is 6.05. The van der Waals surface area contributed by atoms with Gasteiger partial charge < -0.3 is 20.1 Å². The number of nitrogens with one attached hydrogen (secondary N) is 1. The van der Waals surface area contributed by atoms with E-state index in [-0.39, 0.29) is 24.7 Å². The van der Waals surface area contributed by atoms with Crippen LogP contribution in [0.1, 0.15) is 46.0 Å². The van der Waals surface area contributed by atoms with Gasteiger partial charge in [0, 0.05) is 13.1 Å². The first-order valence-electron chi connectivity index (χ1n) is 7.93. The Morgan fingerprint density at radius 2 is 2.05 bits per heavy atom. The van der Waals surface area contributed by atoms with Crippen molar-refractivity contribution in [2.75, 3.05) is 19.7 Å². The molecule has 2 atom stereocenters. The summed E-state index contributed by atoms with van der Waals surface area (Å²) in [7, 11) is 0. The minimum absolute atomic E-state index is 0.150. The van der Waals surface area contributed by atoms with E-state index in [1.807, 2.05) is 18.7 Å². The monoisotopic (exact) mass is 298 g/mol. The Kier molecular flexibility index (Phi) is 5.08. The number of rotatable bonds is 5. The van der Waals surface area contributed by atoms with Crippen molar-refractivity contribution in [2.45, 2.75) is 58.1 Å². The molecule has 0 radical (unpaired) electrons. The van der Waals surface area contributed by atoms with Crippen LogP contribution in [0, 0.1) is 5.41 Å². The molecule has 0 aromatic rings. The van der Waals surface area contributed by atoms with Gasteiger partial charge in [-0.25, -0.2) is 4.79 Å². The first-order chi connectivity index (χ1) is 10.0. The number of amides is 2. The highest BCUT2D eigenvalue weighted by atomic mass is 16.5. The average molecular weight is 298 g/mol. The van der Waals surface area contributed by atoms with Crippen molar-refractivity contribution in [1.82, 2.24) is 10.2 Å². The number of ether oxygens (including phenoxy) is 1. The van der Waals surface area contributed by atoms with Crippen LogP contribution in [0.25, 0.3) is 0 Å². The van der Waals surface area contributed by atoms with E-state index >= 15 is 0 Å². The van der Waals surface area contributed by atoms with Gasteiger partial charge in [0.25, 0.3) is 0 Å². The normalized spacial score (nSPS) is 25.5. The van der Waals surface area contributed by atoms with Gasteiger partial charge >= 0.3 is 12.0 Å². The van der Waals surface area contributed by atoms with Crippen molar-refractivity contribution in [3.8, 4) is 0 Å². The molecule has 120 valence electrons. The van der Waals surface area contributed by atoms with Crippen LogP contribution < -0.4 is 5.32 Å². The lowest BCUT2D eigenvalue weighted by atomic mass is 9.82. The van der Waals surface area contributed by atoms with Gasteiger partial charge in [-0.1, -0.05) is 13.8 Å². The van der Waals surface area contributed by atoms with E-state index in [2.05, 4.69) is 5.32 Å². The summed E-state index contributed by atoms with van der Waals surface area (Å²) in [5.41, 5.74) is -0.864. The van der Waals surface area contributed by atoms with E-state index in [1.54, 1.807) is 0 Å². The predicted molar refractivity (Wildman–Crippen MR) is 78.1 cm³/mol. The van der Waals surface area contributed by atoms with Crippen molar-refractivity contribution in [2.24, 2.45) is 5.41 Å². The Morgan fingerprint density at radius 3 is 2.67 bits per heavy atom. The average Bonchev–Trinajstić information content (AvgIpc) is 2.96.